The Hall–Kier alpha value is -3.81. The normalized spacial score (nSPS) is 10.9. The number of nitrogens with one attached hydrogen (secondary N) is 1. The summed E-state index contributed by atoms with van der Waals surface area (Å²) in [4.78, 5) is 12.8. The topological polar surface area (TPSA) is 64.7 Å². The van der Waals surface area contributed by atoms with Crippen LogP contribution in [0.1, 0.15) is 21.6 Å². The zero-order valence-electron chi connectivity index (χ0n) is 15.5. The van der Waals surface area contributed by atoms with Gasteiger partial charge in [0.05, 0.1) is 6.54 Å². The van der Waals surface area contributed by atoms with E-state index in [1.54, 1.807) is 21.6 Å². The van der Waals surface area contributed by atoms with Crippen molar-refractivity contribution in [3.8, 4) is 5.82 Å². The number of aryl methyl sites for hydroxylation is 1. The summed E-state index contributed by atoms with van der Waals surface area (Å²) < 4.78 is 30.2. The molecule has 8 heteroatoms. The van der Waals surface area contributed by atoms with Crippen LogP contribution in [0.25, 0.3) is 5.82 Å². The van der Waals surface area contributed by atoms with Crippen molar-refractivity contribution in [1.82, 2.24) is 19.6 Å². The monoisotopic (exact) mass is 393 g/mol. The number of nitrogens with zero attached hydrogens (tertiary/aromatic N) is 4. The van der Waals surface area contributed by atoms with Gasteiger partial charge in [0.1, 0.15) is 11.6 Å². The molecule has 0 radical (unpaired) electrons. The van der Waals surface area contributed by atoms with E-state index in [0.29, 0.717) is 12.4 Å². The Morgan fingerprint density at radius 1 is 1.03 bits per heavy atom. The molecule has 0 unspecified atom stereocenters. The molecule has 0 spiro atoms. The molecule has 4 aromatic rings. The van der Waals surface area contributed by atoms with Crippen LogP contribution in [0.5, 0.6) is 0 Å². The Bertz CT molecular complexity index is 1150. The zero-order chi connectivity index (χ0) is 20.4. The third kappa shape index (κ3) is 4.06. The first kappa shape index (κ1) is 18.5. The predicted octanol–water partition coefficient (Wildman–Crippen LogP) is 3.96. The smallest absolute Gasteiger partial charge is 0.280 e. The van der Waals surface area contributed by atoms with E-state index in [9.17, 15) is 13.6 Å². The minimum absolute atomic E-state index is 0.000750. The molecular formula is C21H17F2N5O. The van der Waals surface area contributed by atoms with E-state index in [1.165, 1.54) is 0 Å². The number of hydrogen-bond donors (Lipinski definition) is 1. The first-order chi connectivity index (χ1) is 14.0. The van der Waals surface area contributed by atoms with Gasteiger partial charge >= 0.3 is 0 Å². The highest BCUT2D eigenvalue weighted by molar-refractivity contribution is 6.04. The Morgan fingerprint density at radius 3 is 2.45 bits per heavy atom. The standard InChI is InChI=1S/C21H17F2N5O/c1-14-5-4-6-15(9-14)13-28-21(27-7-2-3-8-27)19(25-26-28)20(29)24-18-11-16(22)10-17(23)12-18/h2-12H,13H2,1H3,(H,24,29). The van der Waals surface area contributed by atoms with Crippen molar-refractivity contribution in [3.63, 3.8) is 0 Å². The Kier molecular flexibility index (Phi) is 4.90. The van der Waals surface area contributed by atoms with E-state index < -0.39 is 17.5 Å². The van der Waals surface area contributed by atoms with Crippen LogP contribution in [0.15, 0.2) is 67.0 Å². The molecule has 1 amide bonds. The molecule has 146 valence electrons. The van der Waals surface area contributed by atoms with Crippen LogP contribution < -0.4 is 5.32 Å². The van der Waals surface area contributed by atoms with Crippen molar-refractivity contribution < 1.29 is 13.6 Å². The van der Waals surface area contributed by atoms with Crippen molar-refractivity contribution in [2.75, 3.05) is 5.32 Å². The van der Waals surface area contributed by atoms with Gasteiger partial charge in [0.15, 0.2) is 11.5 Å². The molecule has 0 aliphatic carbocycles. The van der Waals surface area contributed by atoms with Gasteiger partial charge in [-0.2, -0.15) is 0 Å². The predicted molar refractivity (Wildman–Crippen MR) is 104 cm³/mol. The third-order valence-electron chi connectivity index (χ3n) is 4.31. The molecule has 0 aliphatic heterocycles. The number of aromatic nitrogens is 4. The summed E-state index contributed by atoms with van der Waals surface area (Å²) in [6.45, 7) is 2.40. The maximum absolute atomic E-state index is 13.4. The molecule has 4 rings (SSSR count). The van der Waals surface area contributed by atoms with Gasteiger partial charge in [-0.15, -0.1) is 5.10 Å². The summed E-state index contributed by atoms with van der Waals surface area (Å²) in [5.41, 5.74) is 2.15. The van der Waals surface area contributed by atoms with Crippen LogP contribution in [0, 0.1) is 18.6 Å². The van der Waals surface area contributed by atoms with E-state index >= 15 is 0 Å². The van der Waals surface area contributed by atoms with Crippen LogP contribution in [-0.2, 0) is 6.54 Å². The van der Waals surface area contributed by atoms with E-state index in [0.717, 1.165) is 29.3 Å². The molecule has 1 N–H and O–H groups in total. The molecule has 0 saturated carbocycles. The molecule has 0 atom stereocenters. The minimum Gasteiger partial charge on any atom is -0.320 e. The summed E-state index contributed by atoms with van der Waals surface area (Å²) >= 11 is 0. The van der Waals surface area contributed by atoms with Crippen molar-refractivity contribution in [1.29, 1.82) is 0 Å². The van der Waals surface area contributed by atoms with Crippen molar-refractivity contribution in [2.45, 2.75) is 13.5 Å². The number of rotatable bonds is 5. The van der Waals surface area contributed by atoms with Crippen LogP contribution in [-0.4, -0.2) is 25.5 Å². The number of hydrogen-bond acceptors (Lipinski definition) is 3. The van der Waals surface area contributed by atoms with Gasteiger partial charge in [-0.25, -0.2) is 13.5 Å². The fourth-order valence-electron chi connectivity index (χ4n) is 3.09. The van der Waals surface area contributed by atoms with Crippen molar-refractivity contribution in [2.24, 2.45) is 0 Å². The fourth-order valence-corrected chi connectivity index (χ4v) is 3.09. The lowest BCUT2D eigenvalue weighted by molar-refractivity contribution is 0.102. The van der Waals surface area contributed by atoms with Crippen molar-refractivity contribution in [3.05, 3.63) is 95.4 Å². The van der Waals surface area contributed by atoms with Gasteiger partial charge in [-0.3, -0.25) is 4.79 Å². The van der Waals surface area contributed by atoms with Crippen LogP contribution in [0.4, 0.5) is 14.5 Å². The largest absolute Gasteiger partial charge is 0.320 e. The highest BCUT2D eigenvalue weighted by atomic mass is 19.1. The van der Waals surface area contributed by atoms with Crippen LogP contribution in [0.3, 0.4) is 0 Å². The summed E-state index contributed by atoms with van der Waals surface area (Å²) in [5.74, 6) is -1.73. The molecule has 29 heavy (non-hydrogen) atoms. The quantitative estimate of drug-likeness (QED) is 0.558. The van der Waals surface area contributed by atoms with Gasteiger partial charge in [-0.05, 0) is 36.8 Å². The SMILES string of the molecule is Cc1cccc(Cn2nnc(C(=O)Nc3cc(F)cc(F)c3)c2-n2cccc2)c1. The lowest BCUT2D eigenvalue weighted by Crippen LogP contribution is -2.17. The van der Waals surface area contributed by atoms with Gasteiger partial charge in [-0.1, -0.05) is 35.0 Å². The van der Waals surface area contributed by atoms with Gasteiger partial charge in [0.25, 0.3) is 5.91 Å². The number of benzene rings is 2. The second-order valence-corrected chi connectivity index (χ2v) is 6.61. The third-order valence-corrected chi connectivity index (χ3v) is 4.31. The Morgan fingerprint density at radius 2 is 1.76 bits per heavy atom. The highest BCUT2D eigenvalue weighted by Crippen LogP contribution is 2.18. The fraction of sp³-hybridized carbons (Fsp3) is 0.0952. The van der Waals surface area contributed by atoms with Crippen LogP contribution in [0.2, 0.25) is 0 Å². The van der Waals surface area contributed by atoms with Gasteiger partial charge < -0.3 is 9.88 Å². The van der Waals surface area contributed by atoms with E-state index in [2.05, 4.69) is 15.6 Å². The van der Waals surface area contributed by atoms with E-state index in [4.69, 9.17) is 0 Å². The first-order valence-electron chi connectivity index (χ1n) is 8.89. The maximum atomic E-state index is 13.4. The minimum atomic E-state index is -0.783. The highest BCUT2D eigenvalue weighted by Gasteiger charge is 2.22. The number of carbonyl (C=O) groups excluding carboxylic acids is 1. The molecule has 2 aromatic carbocycles. The molecule has 0 saturated heterocycles. The second kappa shape index (κ2) is 7.67. The maximum Gasteiger partial charge on any atom is 0.280 e. The number of carbonyl (C=O) groups is 1. The Labute approximate surface area is 165 Å². The first-order valence-corrected chi connectivity index (χ1v) is 8.89. The molecule has 2 aromatic heterocycles. The molecule has 6 nitrogen and oxygen atoms in total. The van der Waals surface area contributed by atoms with E-state index in [1.807, 2.05) is 43.3 Å². The summed E-state index contributed by atoms with van der Waals surface area (Å²) in [6, 6.07) is 14.4. The molecular weight excluding hydrogens is 376 g/mol. The number of anilines is 1. The summed E-state index contributed by atoms with van der Waals surface area (Å²) in [6.07, 6.45) is 3.54. The van der Waals surface area contributed by atoms with Gasteiger partial charge in [0.2, 0.25) is 0 Å². The lowest BCUT2D eigenvalue weighted by Gasteiger charge is -2.10. The number of amides is 1. The van der Waals surface area contributed by atoms with Crippen molar-refractivity contribution >= 4 is 11.6 Å². The molecule has 0 bridgehead atoms. The Balaban J connectivity index is 1.69. The summed E-state index contributed by atoms with van der Waals surface area (Å²) in [5, 5.41) is 10.6. The average Bonchev–Trinajstić information content (AvgIpc) is 3.30. The van der Waals surface area contributed by atoms with Gasteiger partial charge in [0, 0.05) is 24.1 Å². The molecule has 0 aliphatic rings. The molecule has 2 heterocycles. The number of halogens is 2. The zero-order valence-corrected chi connectivity index (χ0v) is 15.5. The molecule has 0 fully saturated rings. The second-order valence-electron chi connectivity index (χ2n) is 6.61. The van der Waals surface area contributed by atoms with E-state index in [-0.39, 0.29) is 11.4 Å². The average molecular weight is 393 g/mol. The summed E-state index contributed by atoms with van der Waals surface area (Å²) in [7, 11) is 0. The lowest BCUT2D eigenvalue weighted by atomic mass is 10.1. The van der Waals surface area contributed by atoms with Crippen LogP contribution >= 0.6 is 0 Å².